The standard InChI is InChI=1S/C20H18N4O3S/c21-14-16-6-2-4-8-19(16)28(26,27)24-11-9-23(10-12-24)20(25)18-13-15-5-1-3-7-17(15)22-18/h1-8,13,22H,9-12H2. The van der Waals surface area contributed by atoms with Gasteiger partial charge in [-0.05, 0) is 24.3 Å². The Morgan fingerprint density at radius 3 is 2.39 bits per heavy atom. The van der Waals surface area contributed by atoms with E-state index in [1.165, 1.54) is 16.4 Å². The Hall–Kier alpha value is -3.15. The van der Waals surface area contributed by atoms with Crippen LogP contribution < -0.4 is 0 Å². The molecule has 0 spiro atoms. The number of fused-ring (bicyclic) bond motifs is 1. The molecule has 3 aromatic rings. The van der Waals surface area contributed by atoms with Crippen LogP contribution in [0.3, 0.4) is 0 Å². The molecule has 0 unspecified atom stereocenters. The maximum absolute atomic E-state index is 12.9. The van der Waals surface area contributed by atoms with Crippen molar-refractivity contribution in [2.45, 2.75) is 4.90 Å². The van der Waals surface area contributed by atoms with E-state index < -0.39 is 10.0 Å². The number of benzene rings is 2. The highest BCUT2D eigenvalue weighted by atomic mass is 32.2. The third-order valence-corrected chi connectivity index (χ3v) is 6.87. The first-order valence-corrected chi connectivity index (χ1v) is 10.3. The summed E-state index contributed by atoms with van der Waals surface area (Å²) in [5.41, 5.74) is 1.51. The number of H-pyrrole nitrogens is 1. The Labute approximate surface area is 162 Å². The van der Waals surface area contributed by atoms with Gasteiger partial charge in [0.15, 0.2) is 0 Å². The number of aromatic amines is 1. The SMILES string of the molecule is N#Cc1ccccc1S(=O)(=O)N1CCN(C(=O)c2cc3ccccc3[nH]2)CC1. The van der Waals surface area contributed by atoms with Gasteiger partial charge in [-0.25, -0.2) is 8.42 Å². The van der Waals surface area contributed by atoms with E-state index in [0.717, 1.165) is 10.9 Å². The molecule has 1 aliphatic heterocycles. The van der Waals surface area contributed by atoms with Crippen LogP contribution in [0.5, 0.6) is 0 Å². The maximum atomic E-state index is 12.9. The normalized spacial score (nSPS) is 15.5. The van der Waals surface area contributed by atoms with Crippen molar-refractivity contribution in [3.8, 4) is 6.07 Å². The third kappa shape index (κ3) is 3.15. The lowest BCUT2D eigenvalue weighted by molar-refractivity contribution is 0.0693. The number of nitriles is 1. The Balaban J connectivity index is 1.50. The average molecular weight is 394 g/mol. The number of rotatable bonds is 3. The van der Waals surface area contributed by atoms with Gasteiger partial charge >= 0.3 is 0 Å². The van der Waals surface area contributed by atoms with Crippen molar-refractivity contribution in [2.24, 2.45) is 0 Å². The predicted molar refractivity (Wildman–Crippen MR) is 104 cm³/mol. The van der Waals surface area contributed by atoms with Crippen molar-refractivity contribution in [1.29, 1.82) is 5.26 Å². The lowest BCUT2D eigenvalue weighted by atomic mass is 10.2. The van der Waals surface area contributed by atoms with E-state index in [9.17, 15) is 18.5 Å². The third-order valence-electron chi connectivity index (χ3n) is 4.91. The molecule has 0 bridgehead atoms. The second-order valence-corrected chi connectivity index (χ2v) is 8.48. The molecule has 2 aromatic carbocycles. The van der Waals surface area contributed by atoms with Gasteiger partial charge in [0, 0.05) is 37.1 Å². The highest BCUT2D eigenvalue weighted by Crippen LogP contribution is 2.22. The quantitative estimate of drug-likeness (QED) is 0.736. The molecule has 8 heteroatoms. The molecule has 4 rings (SSSR count). The summed E-state index contributed by atoms with van der Waals surface area (Å²) in [6.45, 7) is 0.965. The van der Waals surface area contributed by atoms with Crippen molar-refractivity contribution in [3.63, 3.8) is 0 Å². The molecule has 1 aromatic heterocycles. The van der Waals surface area contributed by atoms with Gasteiger partial charge in [-0.2, -0.15) is 9.57 Å². The van der Waals surface area contributed by atoms with Gasteiger partial charge in [-0.3, -0.25) is 4.79 Å². The van der Waals surface area contributed by atoms with Crippen LogP contribution in [0.25, 0.3) is 10.9 Å². The molecule has 1 aliphatic rings. The molecule has 0 saturated carbocycles. The summed E-state index contributed by atoms with van der Waals surface area (Å²) in [5.74, 6) is -0.148. The highest BCUT2D eigenvalue weighted by molar-refractivity contribution is 7.89. The fourth-order valence-electron chi connectivity index (χ4n) is 3.41. The van der Waals surface area contributed by atoms with Crippen molar-refractivity contribution in [3.05, 3.63) is 65.9 Å². The smallest absolute Gasteiger partial charge is 0.270 e. The summed E-state index contributed by atoms with van der Waals surface area (Å²) in [6, 6.07) is 17.5. The predicted octanol–water partition coefficient (Wildman–Crippen LogP) is 2.19. The number of piperazine rings is 1. The van der Waals surface area contributed by atoms with Gasteiger partial charge in [-0.15, -0.1) is 0 Å². The molecule has 0 radical (unpaired) electrons. The number of hydrogen-bond acceptors (Lipinski definition) is 4. The average Bonchev–Trinajstić information content (AvgIpc) is 3.17. The number of hydrogen-bond donors (Lipinski definition) is 1. The fraction of sp³-hybridized carbons (Fsp3) is 0.200. The number of amides is 1. The number of nitrogens with zero attached hydrogens (tertiary/aromatic N) is 3. The summed E-state index contributed by atoms with van der Waals surface area (Å²) in [5, 5.41) is 10.2. The largest absolute Gasteiger partial charge is 0.351 e. The molecule has 28 heavy (non-hydrogen) atoms. The summed E-state index contributed by atoms with van der Waals surface area (Å²) in [6.07, 6.45) is 0. The van der Waals surface area contributed by atoms with Gasteiger partial charge in [-0.1, -0.05) is 30.3 Å². The topological polar surface area (TPSA) is 97.3 Å². The summed E-state index contributed by atoms with van der Waals surface area (Å²) >= 11 is 0. The zero-order valence-electron chi connectivity index (χ0n) is 15.0. The summed E-state index contributed by atoms with van der Waals surface area (Å²) in [7, 11) is -3.77. The van der Waals surface area contributed by atoms with Crippen molar-refractivity contribution < 1.29 is 13.2 Å². The number of nitrogens with one attached hydrogen (secondary N) is 1. The molecule has 1 saturated heterocycles. The molecule has 1 amide bonds. The number of carbonyl (C=O) groups excluding carboxylic acids is 1. The van der Waals surface area contributed by atoms with E-state index in [2.05, 4.69) is 4.98 Å². The number of para-hydroxylation sites is 1. The molecule has 142 valence electrons. The van der Waals surface area contributed by atoms with Gasteiger partial charge in [0.05, 0.1) is 10.5 Å². The minimum Gasteiger partial charge on any atom is -0.351 e. The Morgan fingerprint density at radius 1 is 1.00 bits per heavy atom. The lowest BCUT2D eigenvalue weighted by Crippen LogP contribution is -2.50. The van der Waals surface area contributed by atoms with Crippen LogP contribution in [-0.4, -0.2) is 54.7 Å². The first-order valence-electron chi connectivity index (χ1n) is 8.87. The zero-order chi connectivity index (χ0) is 19.7. The van der Waals surface area contributed by atoms with Crippen molar-refractivity contribution >= 4 is 26.8 Å². The molecule has 1 fully saturated rings. The van der Waals surface area contributed by atoms with Crippen molar-refractivity contribution in [2.75, 3.05) is 26.2 Å². The van der Waals surface area contributed by atoms with Gasteiger partial charge in [0.1, 0.15) is 11.8 Å². The monoisotopic (exact) mass is 394 g/mol. The first kappa shape index (κ1) is 18.2. The van der Waals surface area contributed by atoms with Crippen molar-refractivity contribution in [1.82, 2.24) is 14.2 Å². The van der Waals surface area contributed by atoms with Crippen LogP contribution in [0.15, 0.2) is 59.5 Å². The number of sulfonamides is 1. The van der Waals surface area contributed by atoms with Crippen LogP contribution >= 0.6 is 0 Å². The van der Waals surface area contributed by atoms with Crippen LogP contribution in [0.1, 0.15) is 16.1 Å². The molecule has 1 N–H and O–H groups in total. The lowest BCUT2D eigenvalue weighted by Gasteiger charge is -2.33. The summed E-state index contributed by atoms with van der Waals surface area (Å²) in [4.78, 5) is 17.5. The molecule has 2 heterocycles. The fourth-order valence-corrected chi connectivity index (χ4v) is 4.98. The van der Waals surface area contributed by atoms with E-state index in [0.29, 0.717) is 18.8 Å². The molecule has 7 nitrogen and oxygen atoms in total. The molecule has 0 aliphatic carbocycles. The van der Waals surface area contributed by atoms with Crippen LogP contribution in [0.2, 0.25) is 0 Å². The Bertz CT molecular complexity index is 1150. The Kier molecular flexibility index (Phi) is 4.63. The summed E-state index contributed by atoms with van der Waals surface area (Å²) < 4.78 is 27.1. The number of aromatic nitrogens is 1. The van der Waals surface area contributed by atoms with Crippen LogP contribution in [0, 0.1) is 11.3 Å². The Morgan fingerprint density at radius 2 is 1.68 bits per heavy atom. The number of carbonyl (C=O) groups is 1. The minimum atomic E-state index is -3.77. The highest BCUT2D eigenvalue weighted by Gasteiger charge is 2.32. The van der Waals surface area contributed by atoms with Gasteiger partial charge < -0.3 is 9.88 Å². The van der Waals surface area contributed by atoms with Crippen LogP contribution in [0.4, 0.5) is 0 Å². The van der Waals surface area contributed by atoms with Gasteiger partial charge in [0.2, 0.25) is 10.0 Å². The van der Waals surface area contributed by atoms with Gasteiger partial charge in [0.25, 0.3) is 5.91 Å². The van der Waals surface area contributed by atoms with E-state index in [4.69, 9.17) is 0 Å². The van der Waals surface area contributed by atoms with E-state index in [-0.39, 0.29) is 29.5 Å². The molecular weight excluding hydrogens is 376 g/mol. The first-order chi connectivity index (χ1) is 13.5. The van der Waals surface area contributed by atoms with E-state index >= 15 is 0 Å². The van der Waals surface area contributed by atoms with E-state index in [1.54, 1.807) is 17.0 Å². The maximum Gasteiger partial charge on any atom is 0.270 e. The molecule has 0 atom stereocenters. The van der Waals surface area contributed by atoms with Crippen LogP contribution in [-0.2, 0) is 10.0 Å². The second kappa shape index (κ2) is 7.11. The molecular formula is C20H18N4O3S. The minimum absolute atomic E-state index is 0.00731. The zero-order valence-corrected chi connectivity index (χ0v) is 15.8. The second-order valence-electron chi connectivity index (χ2n) is 6.57. The van der Waals surface area contributed by atoms with E-state index in [1.807, 2.05) is 36.4 Å².